The predicted molar refractivity (Wildman–Crippen MR) is 75.4 cm³/mol. The van der Waals surface area contributed by atoms with Crippen LogP contribution in [0.2, 0.25) is 0 Å². The van der Waals surface area contributed by atoms with Crippen molar-refractivity contribution in [3.05, 3.63) is 42.0 Å². The molecule has 2 heterocycles. The summed E-state index contributed by atoms with van der Waals surface area (Å²) in [5.41, 5.74) is 0.932. The lowest BCUT2D eigenvalue weighted by atomic mass is 10.3. The number of benzene rings is 1. The highest BCUT2D eigenvalue weighted by molar-refractivity contribution is 7.80. The van der Waals surface area contributed by atoms with E-state index in [-0.39, 0.29) is 5.82 Å². The van der Waals surface area contributed by atoms with Crippen molar-refractivity contribution >= 4 is 17.2 Å². The highest BCUT2D eigenvalue weighted by Gasteiger charge is 2.18. The van der Waals surface area contributed by atoms with Crippen LogP contribution in [0.15, 0.2) is 30.5 Å². The van der Waals surface area contributed by atoms with E-state index in [2.05, 4.69) is 10.3 Å². The van der Waals surface area contributed by atoms with Gasteiger partial charge >= 0.3 is 0 Å². The monoisotopic (exact) mass is 292 g/mol. The molecule has 0 saturated carbocycles. The van der Waals surface area contributed by atoms with Gasteiger partial charge in [-0.3, -0.25) is 0 Å². The summed E-state index contributed by atoms with van der Waals surface area (Å²) >= 11 is 5.40. The Kier molecular flexibility index (Phi) is 3.70. The van der Waals surface area contributed by atoms with Crippen LogP contribution in [0.4, 0.5) is 4.39 Å². The largest absolute Gasteiger partial charge is 0.378 e. The lowest BCUT2D eigenvalue weighted by Crippen LogP contribution is -2.40. The van der Waals surface area contributed by atoms with Gasteiger partial charge in [0, 0.05) is 13.1 Å². The number of ether oxygens (including phenoxy) is 1. The third-order valence-electron chi connectivity index (χ3n) is 3.11. The third-order valence-corrected chi connectivity index (χ3v) is 3.58. The zero-order chi connectivity index (χ0) is 13.9. The highest BCUT2D eigenvalue weighted by Crippen LogP contribution is 2.13. The molecule has 1 aliphatic heterocycles. The molecule has 0 amide bonds. The van der Waals surface area contributed by atoms with Crippen molar-refractivity contribution in [3.63, 3.8) is 0 Å². The average Bonchev–Trinajstić information content (AvgIpc) is 2.97. The lowest BCUT2D eigenvalue weighted by Gasteiger charge is -2.27. The Bertz CT molecular complexity index is 624. The van der Waals surface area contributed by atoms with E-state index in [1.165, 1.54) is 10.7 Å². The van der Waals surface area contributed by atoms with Gasteiger partial charge in [-0.2, -0.15) is 0 Å². The Morgan fingerprint density at radius 1 is 1.25 bits per heavy atom. The molecule has 5 nitrogen and oxygen atoms in total. The van der Waals surface area contributed by atoms with Crippen LogP contribution in [0.1, 0.15) is 5.69 Å². The maximum absolute atomic E-state index is 13.7. The summed E-state index contributed by atoms with van der Waals surface area (Å²) < 4.78 is 20.4. The molecule has 0 spiro atoms. The van der Waals surface area contributed by atoms with Crippen LogP contribution in [-0.2, 0) is 4.74 Å². The van der Waals surface area contributed by atoms with Crippen LogP contribution in [0.25, 0.3) is 5.69 Å². The standard InChI is InChI=1S/C13H13FN4OS/c14-10-3-1-2-4-12(10)18-9-11(15-16-18)13(20)17-5-7-19-8-6-17/h1-4,9H,5-8H2. The van der Waals surface area contributed by atoms with Crippen molar-refractivity contribution in [2.75, 3.05) is 26.3 Å². The van der Waals surface area contributed by atoms with E-state index in [0.29, 0.717) is 29.6 Å². The van der Waals surface area contributed by atoms with Gasteiger partial charge in [0.05, 0.1) is 19.4 Å². The molecule has 1 saturated heterocycles. The van der Waals surface area contributed by atoms with Gasteiger partial charge in [0.15, 0.2) is 0 Å². The van der Waals surface area contributed by atoms with Crippen LogP contribution in [0, 0.1) is 5.82 Å². The summed E-state index contributed by atoms with van der Waals surface area (Å²) in [6.07, 6.45) is 1.65. The van der Waals surface area contributed by atoms with Crippen LogP contribution >= 0.6 is 12.2 Å². The summed E-state index contributed by atoms with van der Waals surface area (Å²) in [4.78, 5) is 2.64. The minimum atomic E-state index is -0.346. The molecule has 1 aromatic heterocycles. The van der Waals surface area contributed by atoms with Gasteiger partial charge in [0.1, 0.15) is 22.2 Å². The number of rotatable bonds is 2. The Morgan fingerprint density at radius 3 is 2.75 bits per heavy atom. The van der Waals surface area contributed by atoms with E-state index in [1.54, 1.807) is 24.4 Å². The second-order valence-corrected chi connectivity index (χ2v) is 4.79. The van der Waals surface area contributed by atoms with Gasteiger partial charge < -0.3 is 9.64 Å². The number of nitrogens with zero attached hydrogens (tertiary/aromatic N) is 4. The van der Waals surface area contributed by atoms with Gasteiger partial charge in [-0.1, -0.05) is 29.6 Å². The van der Waals surface area contributed by atoms with Crippen molar-refractivity contribution < 1.29 is 9.13 Å². The lowest BCUT2D eigenvalue weighted by molar-refractivity contribution is 0.0692. The average molecular weight is 292 g/mol. The highest BCUT2D eigenvalue weighted by atomic mass is 32.1. The molecule has 104 valence electrons. The maximum atomic E-state index is 13.7. The van der Waals surface area contributed by atoms with Crippen LogP contribution < -0.4 is 0 Å². The Labute approximate surface area is 121 Å². The summed E-state index contributed by atoms with van der Waals surface area (Å²) in [5.74, 6) is -0.346. The number of hydrogen-bond donors (Lipinski definition) is 0. The van der Waals surface area contributed by atoms with Crippen molar-refractivity contribution in [2.45, 2.75) is 0 Å². The molecule has 3 rings (SSSR count). The normalized spacial score (nSPS) is 15.3. The van der Waals surface area contributed by atoms with E-state index >= 15 is 0 Å². The first-order valence-corrected chi connectivity index (χ1v) is 6.71. The van der Waals surface area contributed by atoms with E-state index in [9.17, 15) is 4.39 Å². The Hall–Kier alpha value is -1.86. The van der Waals surface area contributed by atoms with Gasteiger partial charge in [0.2, 0.25) is 0 Å². The number of aromatic nitrogens is 3. The number of thiocarbonyl (C=S) groups is 1. The summed E-state index contributed by atoms with van der Waals surface area (Å²) in [6, 6.07) is 6.41. The zero-order valence-corrected chi connectivity index (χ0v) is 11.5. The van der Waals surface area contributed by atoms with Crippen molar-refractivity contribution in [1.29, 1.82) is 0 Å². The van der Waals surface area contributed by atoms with E-state index < -0.39 is 0 Å². The molecule has 20 heavy (non-hydrogen) atoms. The summed E-state index contributed by atoms with van der Waals surface area (Å²) in [6.45, 7) is 2.79. The van der Waals surface area contributed by atoms with Crippen LogP contribution in [-0.4, -0.2) is 51.2 Å². The smallest absolute Gasteiger partial charge is 0.148 e. The molecule has 2 aromatic rings. The van der Waals surface area contributed by atoms with E-state index in [4.69, 9.17) is 17.0 Å². The fourth-order valence-corrected chi connectivity index (χ4v) is 2.32. The molecule has 0 unspecified atom stereocenters. The molecule has 0 aliphatic carbocycles. The van der Waals surface area contributed by atoms with E-state index in [1.807, 2.05) is 4.90 Å². The van der Waals surface area contributed by atoms with Crippen molar-refractivity contribution in [3.8, 4) is 5.69 Å². The van der Waals surface area contributed by atoms with E-state index in [0.717, 1.165) is 13.1 Å². The summed E-state index contributed by atoms with van der Waals surface area (Å²) in [5, 5.41) is 7.98. The van der Waals surface area contributed by atoms with Crippen molar-refractivity contribution in [1.82, 2.24) is 19.9 Å². The predicted octanol–water partition coefficient (Wildman–Crippen LogP) is 1.41. The molecule has 0 bridgehead atoms. The molecular formula is C13H13FN4OS. The number of morpholine rings is 1. The first-order chi connectivity index (χ1) is 9.75. The molecule has 1 fully saturated rings. The molecule has 0 atom stereocenters. The fraction of sp³-hybridized carbons (Fsp3) is 0.308. The molecule has 7 heteroatoms. The van der Waals surface area contributed by atoms with Gasteiger partial charge in [0.25, 0.3) is 0 Å². The van der Waals surface area contributed by atoms with Crippen molar-refractivity contribution in [2.24, 2.45) is 0 Å². The van der Waals surface area contributed by atoms with Gasteiger partial charge in [-0.05, 0) is 12.1 Å². The molecule has 0 N–H and O–H groups in total. The number of halogens is 1. The molecule has 0 radical (unpaired) electrons. The SMILES string of the molecule is Fc1ccccc1-n1cc(C(=S)N2CCOCC2)nn1. The maximum Gasteiger partial charge on any atom is 0.148 e. The third kappa shape index (κ3) is 2.54. The van der Waals surface area contributed by atoms with Gasteiger partial charge in [-0.25, -0.2) is 9.07 Å². The zero-order valence-electron chi connectivity index (χ0n) is 10.7. The first-order valence-electron chi connectivity index (χ1n) is 6.30. The second kappa shape index (κ2) is 5.64. The Balaban J connectivity index is 1.83. The number of hydrogen-bond acceptors (Lipinski definition) is 4. The minimum absolute atomic E-state index is 0.346. The summed E-state index contributed by atoms with van der Waals surface area (Å²) in [7, 11) is 0. The molecular weight excluding hydrogens is 279 g/mol. The topological polar surface area (TPSA) is 43.2 Å². The van der Waals surface area contributed by atoms with Gasteiger partial charge in [-0.15, -0.1) is 5.10 Å². The quantitative estimate of drug-likeness (QED) is 0.783. The Morgan fingerprint density at radius 2 is 2.00 bits per heavy atom. The van der Waals surface area contributed by atoms with Crippen LogP contribution in [0.3, 0.4) is 0 Å². The molecule has 1 aliphatic rings. The second-order valence-electron chi connectivity index (χ2n) is 4.40. The fourth-order valence-electron chi connectivity index (χ4n) is 2.05. The number of para-hydroxylation sites is 1. The first kappa shape index (κ1) is 13.1. The molecule has 1 aromatic carbocycles. The van der Waals surface area contributed by atoms with Crippen LogP contribution in [0.5, 0.6) is 0 Å². The minimum Gasteiger partial charge on any atom is -0.378 e.